The van der Waals surface area contributed by atoms with Crippen molar-refractivity contribution < 1.29 is 18.7 Å². The van der Waals surface area contributed by atoms with E-state index in [0.717, 1.165) is 0 Å². The molecule has 102 valence electrons. The molecule has 0 radical (unpaired) electrons. The maximum Gasteiger partial charge on any atom is 0.262 e. The largest absolute Gasteiger partial charge is 0.484 e. The van der Waals surface area contributed by atoms with Gasteiger partial charge in [0.2, 0.25) is 0 Å². The Hall–Kier alpha value is -2.69. The second kappa shape index (κ2) is 6.47. The molecular formula is C15H12FNO3. The second-order valence-corrected chi connectivity index (χ2v) is 4.03. The summed E-state index contributed by atoms with van der Waals surface area (Å²) in [6.07, 6.45) is 0.700. The zero-order valence-electron chi connectivity index (χ0n) is 10.5. The fourth-order valence-corrected chi connectivity index (χ4v) is 1.56. The molecule has 0 saturated heterocycles. The number of rotatable bonds is 5. The molecule has 0 atom stereocenters. The van der Waals surface area contributed by atoms with Crippen molar-refractivity contribution in [1.29, 1.82) is 0 Å². The number of ether oxygens (including phenoxy) is 1. The Morgan fingerprint density at radius 1 is 1.20 bits per heavy atom. The van der Waals surface area contributed by atoms with E-state index in [1.54, 1.807) is 18.2 Å². The van der Waals surface area contributed by atoms with Gasteiger partial charge in [0.25, 0.3) is 5.91 Å². The molecule has 0 aliphatic carbocycles. The van der Waals surface area contributed by atoms with Crippen LogP contribution >= 0.6 is 0 Å². The fraction of sp³-hybridized carbons (Fsp3) is 0.0667. The zero-order chi connectivity index (χ0) is 14.4. The van der Waals surface area contributed by atoms with Crippen molar-refractivity contribution in [3.63, 3.8) is 0 Å². The number of halogens is 1. The summed E-state index contributed by atoms with van der Waals surface area (Å²) in [4.78, 5) is 22.2. The van der Waals surface area contributed by atoms with Crippen LogP contribution in [-0.2, 0) is 4.79 Å². The molecule has 0 heterocycles. The van der Waals surface area contributed by atoms with Crippen LogP contribution in [-0.4, -0.2) is 18.8 Å². The number of benzene rings is 2. The first-order valence-corrected chi connectivity index (χ1v) is 5.91. The Labute approximate surface area is 115 Å². The van der Waals surface area contributed by atoms with E-state index in [9.17, 15) is 14.0 Å². The van der Waals surface area contributed by atoms with Crippen molar-refractivity contribution >= 4 is 17.9 Å². The van der Waals surface area contributed by atoms with Crippen LogP contribution in [0.1, 0.15) is 10.4 Å². The van der Waals surface area contributed by atoms with Gasteiger partial charge in [0.05, 0.1) is 0 Å². The highest BCUT2D eigenvalue weighted by atomic mass is 19.1. The topological polar surface area (TPSA) is 55.4 Å². The van der Waals surface area contributed by atoms with E-state index in [2.05, 4.69) is 5.32 Å². The number of anilines is 1. The minimum absolute atomic E-state index is 0.195. The lowest BCUT2D eigenvalue weighted by Gasteiger charge is -2.07. The summed E-state index contributed by atoms with van der Waals surface area (Å²) in [6, 6.07) is 11.9. The molecule has 0 unspecified atom stereocenters. The third kappa shape index (κ3) is 3.91. The molecular weight excluding hydrogens is 261 g/mol. The van der Waals surface area contributed by atoms with E-state index in [1.165, 1.54) is 30.3 Å². The zero-order valence-corrected chi connectivity index (χ0v) is 10.5. The summed E-state index contributed by atoms with van der Waals surface area (Å²) >= 11 is 0. The quantitative estimate of drug-likeness (QED) is 0.852. The van der Waals surface area contributed by atoms with Crippen LogP contribution in [0.3, 0.4) is 0 Å². The summed E-state index contributed by atoms with van der Waals surface area (Å²) < 4.78 is 18.0. The van der Waals surface area contributed by atoms with Gasteiger partial charge in [0, 0.05) is 11.3 Å². The molecule has 0 aromatic heterocycles. The lowest BCUT2D eigenvalue weighted by molar-refractivity contribution is -0.118. The number of hydrogen-bond acceptors (Lipinski definition) is 3. The Balaban J connectivity index is 1.88. The van der Waals surface area contributed by atoms with Gasteiger partial charge in [-0.15, -0.1) is 0 Å². The van der Waals surface area contributed by atoms with Gasteiger partial charge in [0.1, 0.15) is 17.9 Å². The molecule has 0 spiro atoms. The van der Waals surface area contributed by atoms with E-state index in [-0.39, 0.29) is 18.3 Å². The van der Waals surface area contributed by atoms with Crippen LogP contribution in [0.15, 0.2) is 48.5 Å². The molecule has 2 aromatic rings. The minimum atomic E-state index is -0.370. The molecule has 0 bridgehead atoms. The van der Waals surface area contributed by atoms with Crippen molar-refractivity contribution in [2.75, 3.05) is 11.9 Å². The second-order valence-electron chi connectivity index (χ2n) is 4.03. The SMILES string of the molecule is O=Cc1cccc(OCC(=O)Nc2ccc(F)cc2)c1. The first-order chi connectivity index (χ1) is 9.67. The number of carbonyl (C=O) groups excluding carboxylic acids is 2. The highest BCUT2D eigenvalue weighted by Crippen LogP contribution is 2.12. The van der Waals surface area contributed by atoms with Crippen LogP contribution in [0.5, 0.6) is 5.75 Å². The molecule has 20 heavy (non-hydrogen) atoms. The monoisotopic (exact) mass is 273 g/mol. The normalized spacial score (nSPS) is 9.85. The van der Waals surface area contributed by atoms with Crippen LogP contribution in [0.25, 0.3) is 0 Å². The molecule has 5 heteroatoms. The van der Waals surface area contributed by atoms with Gasteiger partial charge in [-0.25, -0.2) is 4.39 Å². The van der Waals surface area contributed by atoms with Gasteiger partial charge in [-0.3, -0.25) is 9.59 Å². The summed E-state index contributed by atoms with van der Waals surface area (Å²) in [6.45, 7) is -0.195. The molecule has 1 N–H and O–H groups in total. The van der Waals surface area contributed by atoms with Gasteiger partial charge in [-0.05, 0) is 36.4 Å². The van der Waals surface area contributed by atoms with E-state index in [4.69, 9.17) is 4.74 Å². The first kappa shape index (κ1) is 13.7. The molecule has 0 aliphatic rings. The van der Waals surface area contributed by atoms with Crippen LogP contribution in [0.2, 0.25) is 0 Å². The van der Waals surface area contributed by atoms with E-state index in [0.29, 0.717) is 23.3 Å². The average Bonchev–Trinajstić information content (AvgIpc) is 2.48. The molecule has 0 aliphatic heterocycles. The summed E-state index contributed by atoms with van der Waals surface area (Å²) in [5, 5.41) is 2.57. The van der Waals surface area contributed by atoms with E-state index < -0.39 is 0 Å². The highest BCUT2D eigenvalue weighted by Gasteiger charge is 2.04. The Bertz CT molecular complexity index is 611. The number of hydrogen-bond donors (Lipinski definition) is 1. The summed E-state index contributed by atoms with van der Waals surface area (Å²) in [5.74, 6) is -0.304. The molecule has 1 amide bonds. The maximum atomic E-state index is 12.7. The van der Waals surface area contributed by atoms with Gasteiger partial charge in [0.15, 0.2) is 6.61 Å². The molecule has 2 aromatic carbocycles. The molecule has 4 nitrogen and oxygen atoms in total. The van der Waals surface area contributed by atoms with Crippen molar-refractivity contribution in [3.8, 4) is 5.75 Å². The van der Waals surface area contributed by atoms with Crippen molar-refractivity contribution in [2.24, 2.45) is 0 Å². The van der Waals surface area contributed by atoms with Crippen molar-refractivity contribution in [3.05, 3.63) is 59.9 Å². The van der Waals surface area contributed by atoms with Gasteiger partial charge in [-0.1, -0.05) is 12.1 Å². The first-order valence-electron chi connectivity index (χ1n) is 5.91. The highest BCUT2D eigenvalue weighted by molar-refractivity contribution is 5.91. The predicted octanol–water partition coefficient (Wildman–Crippen LogP) is 2.66. The van der Waals surface area contributed by atoms with Gasteiger partial charge in [-0.2, -0.15) is 0 Å². The number of nitrogens with one attached hydrogen (secondary N) is 1. The predicted molar refractivity (Wildman–Crippen MR) is 72.4 cm³/mol. The van der Waals surface area contributed by atoms with Gasteiger partial charge >= 0.3 is 0 Å². The summed E-state index contributed by atoms with van der Waals surface area (Å²) in [5.41, 5.74) is 0.961. The lowest BCUT2D eigenvalue weighted by atomic mass is 10.2. The fourth-order valence-electron chi connectivity index (χ4n) is 1.56. The Morgan fingerprint density at radius 3 is 2.65 bits per heavy atom. The Kier molecular flexibility index (Phi) is 4.44. The molecule has 0 saturated carbocycles. The van der Waals surface area contributed by atoms with Crippen molar-refractivity contribution in [2.45, 2.75) is 0 Å². The molecule has 2 rings (SSSR count). The number of aldehydes is 1. The number of carbonyl (C=O) groups is 2. The van der Waals surface area contributed by atoms with Crippen molar-refractivity contribution in [1.82, 2.24) is 0 Å². The minimum Gasteiger partial charge on any atom is -0.484 e. The van der Waals surface area contributed by atoms with Crippen LogP contribution in [0, 0.1) is 5.82 Å². The standard InChI is InChI=1S/C15H12FNO3/c16-12-4-6-13(7-5-12)17-15(19)10-20-14-3-1-2-11(8-14)9-18/h1-9H,10H2,(H,17,19). The van der Waals surface area contributed by atoms with E-state index >= 15 is 0 Å². The average molecular weight is 273 g/mol. The maximum absolute atomic E-state index is 12.7. The number of amides is 1. The third-order valence-electron chi connectivity index (χ3n) is 2.49. The van der Waals surface area contributed by atoms with E-state index in [1.807, 2.05) is 0 Å². The van der Waals surface area contributed by atoms with Gasteiger partial charge < -0.3 is 10.1 Å². The molecule has 0 fully saturated rings. The smallest absolute Gasteiger partial charge is 0.262 e. The third-order valence-corrected chi connectivity index (χ3v) is 2.49. The van der Waals surface area contributed by atoms with Crippen LogP contribution < -0.4 is 10.1 Å². The summed E-state index contributed by atoms with van der Waals surface area (Å²) in [7, 11) is 0. The lowest BCUT2D eigenvalue weighted by Crippen LogP contribution is -2.20. The van der Waals surface area contributed by atoms with Crippen LogP contribution in [0.4, 0.5) is 10.1 Å². The Morgan fingerprint density at radius 2 is 1.95 bits per heavy atom.